The third-order valence-electron chi connectivity index (χ3n) is 3.67. The Bertz CT molecular complexity index is 559. The Morgan fingerprint density at radius 1 is 1.50 bits per heavy atom. The van der Waals surface area contributed by atoms with Gasteiger partial charge in [-0.15, -0.1) is 0 Å². The lowest BCUT2D eigenvalue weighted by Crippen LogP contribution is -2.20. The summed E-state index contributed by atoms with van der Waals surface area (Å²) in [6.45, 7) is 0.804. The van der Waals surface area contributed by atoms with E-state index in [0.29, 0.717) is 6.04 Å². The number of fused-ring (bicyclic) bond motifs is 1. The van der Waals surface area contributed by atoms with E-state index in [1.54, 1.807) is 0 Å². The van der Waals surface area contributed by atoms with Crippen molar-refractivity contribution in [2.75, 3.05) is 5.73 Å². The van der Waals surface area contributed by atoms with Crippen LogP contribution in [0.2, 0.25) is 0 Å². The maximum absolute atomic E-state index is 5.81. The van der Waals surface area contributed by atoms with Crippen molar-refractivity contribution in [3.8, 4) is 0 Å². The van der Waals surface area contributed by atoms with E-state index >= 15 is 0 Å². The van der Waals surface area contributed by atoms with Crippen molar-refractivity contribution in [1.29, 1.82) is 0 Å². The van der Waals surface area contributed by atoms with Crippen LogP contribution in [0.25, 0.3) is 0 Å². The number of hydrogen-bond donors (Lipinski definition) is 2. The number of nitrogen functional groups attached to an aromatic ring is 1. The molecule has 94 valence electrons. The first-order valence-corrected chi connectivity index (χ1v) is 6.32. The van der Waals surface area contributed by atoms with Crippen molar-refractivity contribution in [2.45, 2.75) is 25.4 Å². The number of nitrogens with one attached hydrogen (secondary N) is 1. The Kier molecular flexibility index (Phi) is 2.80. The zero-order chi connectivity index (χ0) is 12.5. The molecule has 1 aromatic carbocycles. The molecule has 1 aliphatic rings. The fraction of sp³-hybridized carbons (Fsp3) is 0.357. The second-order valence-electron chi connectivity index (χ2n) is 4.88. The van der Waals surface area contributed by atoms with Crippen molar-refractivity contribution >= 4 is 5.69 Å². The van der Waals surface area contributed by atoms with Crippen molar-refractivity contribution in [3.05, 3.63) is 47.5 Å². The van der Waals surface area contributed by atoms with E-state index in [1.807, 2.05) is 30.1 Å². The molecule has 1 aliphatic carbocycles. The molecule has 0 fully saturated rings. The van der Waals surface area contributed by atoms with E-state index in [4.69, 9.17) is 5.73 Å². The number of nitrogens with zero attached hydrogens (tertiary/aromatic N) is 2. The molecule has 1 unspecified atom stereocenters. The Morgan fingerprint density at radius 2 is 2.39 bits per heavy atom. The number of anilines is 1. The zero-order valence-corrected chi connectivity index (χ0v) is 10.6. The zero-order valence-electron chi connectivity index (χ0n) is 10.6. The van der Waals surface area contributed by atoms with Gasteiger partial charge in [0.05, 0.1) is 6.54 Å². The molecule has 1 heterocycles. The molecule has 0 amide bonds. The van der Waals surface area contributed by atoms with Gasteiger partial charge < -0.3 is 15.6 Å². The van der Waals surface area contributed by atoms with Crippen LogP contribution in [-0.2, 0) is 20.0 Å². The molecule has 4 heteroatoms. The Labute approximate surface area is 107 Å². The molecule has 2 aromatic rings. The Hall–Kier alpha value is -1.81. The summed E-state index contributed by atoms with van der Waals surface area (Å²) >= 11 is 0. The standard InChI is InChI=1S/C14H18N4/c1-18-7-6-16-14(18)9-17-13-5-2-10-8-11(15)3-4-12(10)13/h3-4,6-8,13,17H,2,5,9,15H2,1H3. The summed E-state index contributed by atoms with van der Waals surface area (Å²) in [5.74, 6) is 1.07. The van der Waals surface area contributed by atoms with Crippen molar-refractivity contribution in [2.24, 2.45) is 7.05 Å². The van der Waals surface area contributed by atoms with Crippen molar-refractivity contribution in [3.63, 3.8) is 0 Å². The molecule has 18 heavy (non-hydrogen) atoms. The topological polar surface area (TPSA) is 55.9 Å². The van der Waals surface area contributed by atoms with Gasteiger partial charge in [0.1, 0.15) is 5.82 Å². The summed E-state index contributed by atoms with van der Waals surface area (Å²) in [6.07, 6.45) is 6.06. The lowest BCUT2D eigenvalue weighted by Gasteiger charge is -2.14. The number of aryl methyl sites for hydroxylation is 2. The molecule has 1 aromatic heterocycles. The number of imidazole rings is 1. The van der Waals surface area contributed by atoms with Gasteiger partial charge >= 0.3 is 0 Å². The van der Waals surface area contributed by atoms with Crippen LogP contribution in [0.1, 0.15) is 29.4 Å². The summed E-state index contributed by atoms with van der Waals surface area (Å²) in [4.78, 5) is 4.33. The molecule has 3 rings (SSSR count). The van der Waals surface area contributed by atoms with Crippen LogP contribution in [0.15, 0.2) is 30.6 Å². The van der Waals surface area contributed by atoms with E-state index in [0.717, 1.165) is 30.9 Å². The van der Waals surface area contributed by atoms with Gasteiger partial charge in [0.25, 0.3) is 0 Å². The Morgan fingerprint density at radius 3 is 3.17 bits per heavy atom. The summed E-state index contributed by atoms with van der Waals surface area (Å²) in [5, 5.41) is 3.58. The smallest absolute Gasteiger partial charge is 0.122 e. The molecule has 0 aliphatic heterocycles. The minimum Gasteiger partial charge on any atom is -0.399 e. The molecule has 0 spiro atoms. The van der Waals surface area contributed by atoms with Gasteiger partial charge in [-0.1, -0.05) is 6.07 Å². The van der Waals surface area contributed by atoms with Crippen LogP contribution in [0.4, 0.5) is 5.69 Å². The van der Waals surface area contributed by atoms with Gasteiger partial charge in [0.2, 0.25) is 0 Å². The fourth-order valence-corrected chi connectivity index (χ4v) is 2.63. The first-order valence-electron chi connectivity index (χ1n) is 6.32. The van der Waals surface area contributed by atoms with E-state index in [2.05, 4.69) is 22.4 Å². The number of rotatable bonds is 3. The van der Waals surface area contributed by atoms with E-state index < -0.39 is 0 Å². The maximum atomic E-state index is 5.81. The number of aromatic nitrogens is 2. The highest BCUT2D eigenvalue weighted by molar-refractivity contribution is 5.47. The van der Waals surface area contributed by atoms with Crippen LogP contribution in [-0.4, -0.2) is 9.55 Å². The largest absolute Gasteiger partial charge is 0.399 e. The molecule has 0 saturated carbocycles. The monoisotopic (exact) mass is 242 g/mol. The molecule has 0 radical (unpaired) electrons. The predicted octanol–water partition coefficient (Wildman–Crippen LogP) is 1.78. The van der Waals surface area contributed by atoms with Gasteiger partial charge in [-0.2, -0.15) is 0 Å². The van der Waals surface area contributed by atoms with Gasteiger partial charge in [-0.25, -0.2) is 4.98 Å². The predicted molar refractivity (Wildman–Crippen MR) is 72.0 cm³/mol. The fourth-order valence-electron chi connectivity index (χ4n) is 2.63. The Balaban J connectivity index is 1.71. The van der Waals surface area contributed by atoms with Crippen LogP contribution >= 0.6 is 0 Å². The van der Waals surface area contributed by atoms with E-state index in [1.165, 1.54) is 11.1 Å². The molecule has 4 nitrogen and oxygen atoms in total. The van der Waals surface area contributed by atoms with Crippen LogP contribution in [0.5, 0.6) is 0 Å². The first-order chi connectivity index (χ1) is 8.74. The molecular weight excluding hydrogens is 224 g/mol. The summed E-state index contributed by atoms with van der Waals surface area (Å²) < 4.78 is 2.05. The van der Waals surface area contributed by atoms with E-state index in [-0.39, 0.29) is 0 Å². The molecular formula is C14H18N4. The third-order valence-corrected chi connectivity index (χ3v) is 3.67. The van der Waals surface area contributed by atoms with Crippen LogP contribution in [0.3, 0.4) is 0 Å². The van der Waals surface area contributed by atoms with Gasteiger partial charge in [-0.3, -0.25) is 0 Å². The average Bonchev–Trinajstić information content (AvgIpc) is 2.93. The minimum atomic E-state index is 0.428. The third kappa shape index (κ3) is 1.99. The second-order valence-corrected chi connectivity index (χ2v) is 4.88. The minimum absolute atomic E-state index is 0.428. The average molecular weight is 242 g/mol. The van der Waals surface area contributed by atoms with E-state index in [9.17, 15) is 0 Å². The first kappa shape index (κ1) is 11.3. The summed E-state index contributed by atoms with van der Waals surface area (Å²) in [5.41, 5.74) is 9.44. The normalized spacial score (nSPS) is 17.9. The number of hydrogen-bond acceptors (Lipinski definition) is 3. The van der Waals surface area contributed by atoms with Crippen LogP contribution < -0.4 is 11.1 Å². The van der Waals surface area contributed by atoms with Crippen LogP contribution in [0, 0.1) is 0 Å². The molecule has 0 saturated heterocycles. The van der Waals surface area contributed by atoms with Crippen molar-refractivity contribution in [1.82, 2.24) is 14.9 Å². The molecule has 1 atom stereocenters. The second kappa shape index (κ2) is 4.46. The lowest BCUT2D eigenvalue weighted by molar-refractivity contribution is 0.512. The van der Waals surface area contributed by atoms with Crippen molar-refractivity contribution < 1.29 is 0 Å². The molecule has 3 N–H and O–H groups in total. The number of nitrogens with two attached hydrogens (primary N) is 1. The highest BCUT2D eigenvalue weighted by atomic mass is 15.1. The van der Waals surface area contributed by atoms with Gasteiger partial charge in [0, 0.05) is 31.2 Å². The SMILES string of the molecule is Cn1ccnc1CNC1CCc2cc(N)ccc21. The maximum Gasteiger partial charge on any atom is 0.122 e. The quantitative estimate of drug-likeness (QED) is 0.807. The highest BCUT2D eigenvalue weighted by Crippen LogP contribution is 2.32. The summed E-state index contributed by atoms with van der Waals surface area (Å²) in [6, 6.07) is 6.66. The summed E-state index contributed by atoms with van der Waals surface area (Å²) in [7, 11) is 2.02. The number of benzene rings is 1. The van der Waals surface area contributed by atoms with Gasteiger partial charge in [0.15, 0.2) is 0 Å². The highest BCUT2D eigenvalue weighted by Gasteiger charge is 2.22. The molecule has 0 bridgehead atoms. The lowest BCUT2D eigenvalue weighted by atomic mass is 10.1. The van der Waals surface area contributed by atoms with Gasteiger partial charge in [-0.05, 0) is 36.1 Å².